The van der Waals surface area contributed by atoms with Crippen molar-refractivity contribution in [3.05, 3.63) is 0 Å². The highest BCUT2D eigenvalue weighted by Gasteiger charge is 2.13. The van der Waals surface area contributed by atoms with E-state index in [1.165, 1.54) is 0 Å². The lowest BCUT2D eigenvalue weighted by Crippen LogP contribution is -2.17. The Hall–Kier alpha value is -0.150. The average molecular weight is 94.1 g/mol. The number of aliphatic hydroxyl groups is 1. The lowest BCUT2D eigenvalue weighted by atomic mass is 10.7. The molecule has 0 aliphatic rings. The maximum Gasteiger partial charge on any atom is 0.314 e. The third-order valence-corrected chi connectivity index (χ3v) is 0.373. The first-order valence-electron chi connectivity index (χ1n) is 1.52. The molecule has 0 rings (SSSR count). The third kappa shape index (κ3) is 3.85. The van der Waals surface area contributed by atoms with Gasteiger partial charge in [0.2, 0.25) is 0 Å². The molecule has 2 nitrogen and oxygen atoms in total. The van der Waals surface area contributed by atoms with Crippen molar-refractivity contribution in [1.29, 1.82) is 0 Å². The molecule has 6 heavy (non-hydrogen) atoms. The summed E-state index contributed by atoms with van der Waals surface area (Å²) in [4.78, 5) is 0. The number of hydrogen-bond donors (Lipinski definition) is 1. The van der Waals surface area contributed by atoms with Crippen molar-refractivity contribution in [3.63, 3.8) is 0 Å². The molecule has 38 valence electrons. The molecule has 0 saturated carbocycles. The molecule has 1 unspecified atom stereocenters. The fraction of sp³-hybridized carbons (Fsp3) is 1.00. The van der Waals surface area contributed by atoms with Gasteiger partial charge in [0.15, 0.2) is 0 Å². The number of methoxy groups -OCH3 is 1. The van der Waals surface area contributed by atoms with Crippen LogP contribution in [0.1, 0.15) is 6.92 Å². The van der Waals surface area contributed by atoms with E-state index in [-0.39, 0.29) is 0 Å². The Bertz CT molecular complexity index is 38.5. The Labute approximate surface area is 35.5 Å². The van der Waals surface area contributed by atoms with Crippen LogP contribution in [0.4, 0.5) is 4.39 Å². The average Bonchev–Trinajstić information content (AvgIpc) is 1.35. The summed E-state index contributed by atoms with van der Waals surface area (Å²) in [5, 5.41) is 7.94. The van der Waals surface area contributed by atoms with Gasteiger partial charge >= 0.3 is 6.04 Å². The van der Waals surface area contributed by atoms with Crippen LogP contribution in [0, 0.1) is 0 Å². The lowest BCUT2D eigenvalue weighted by Gasteiger charge is -2.06. The van der Waals surface area contributed by atoms with E-state index in [0.717, 1.165) is 14.0 Å². The quantitative estimate of drug-likeness (QED) is 0.472. The van der Waals surface area contributed by atoms with Crippen LogP contribution in [0.5, 0.6) is 0 Å². The van der Waals surface area contributed by atoms with Crippen LogP contribution in [-0.4, -0.2) is 18.3 Å². The van der Waals surface area contributed by atoms with Crippen LogP contribution in [0.3, 0.4) is 0 Å². The summed E-state index contributed by atoms with van der Waals surface area (Å²) >= 11 is 0. The smallest absolute Gasteiger partial charge is 0.314 e. The number of rotatable bonds is 1. The topological polar surface area (TPSA) is 29.5 Å². The minimum atomic E-state index is -2.46. The molecular formula is C3H7FO2. The Morgan fingerprint density at radius 1 is 1.83 bits per heavy atom. The highest BCUT2D eigenvalue weighted by Crippen LogP contribution is 2.01. The second kappa shape index (κ2) is 1.53. The van der Waals surface area contributed by atoms with Gasteiger partial charge in [-0.3, -0.25) is 0 Å². The van der Waals surface area contributed by atoms with Gasteiger partial charge in [-0.25, -0.2) is 0 Å². The SMILES string of the molecule is COC(C)(O)F. The zero-order chi connectivity index (χ0) is 5.21. The highest BCUT2D eigenvalue weighted by molar-refractivity contribution is 4.29. The van der Waals surface area contributed by atoms with Gasteiger partial charge in [-0.2, -0.15) is 4.39 Å². The molecule has 0 radical (unpaired) electrons. The zero-order valence-electron chi connectivity index (χ0n) is 3.73. The van der Waals surface area contributed by atoms with Gasteiger partial charge in [-0.05, 0) is 0 Å². The second-order valence-electron chi connectivity index (χ2n) is 1.07. The van der Waals surface area contributed by atoms with Gasteiger partial charge in [-0.1, -0.05) is 0 Å². The Morgan fingerprint density at radius 3 is 2.00 bits per heavy atom. The molecule has 0 aromatic heterocycles. The van der Waals surface area contributed by atoms with Gasteiger partial charge in [0.1, 0.15) is 0 Å². The van der Waals surface area contributed by atoms with E-state index < -0.39 is 6.04 Å². The number of alkyl halides is 1. The number of ether oxygens (including phenoxy) is 1. The summed E-state index contributed by atoms with van der Waals surface area (Å²) in [5.41, 5.74) is 0. The van der Waals surface area contributed by atoms with Crippen LogP contribution in [-0.2, 0) is 4.74 Å². The lowest BCUT2D eigenvalue weighted by molar-refractivity contribution is -0.262. The second-order valence-corrected chi connectivity index (χ2v) is 1.07. The molecular weight excluding hydrogens is 87.0 g/mol. The van der Waals surface area contributed by atoms with E-state index in [2.05, 4.69) is 4.74 Å². The molecule has 3 heteroatoms. The maximum atomic E-state index is 11.5. The first-order chi connectivity index (χ1) is 2.56. The number of halogens is 1. The van der Waals surface area contributed by atoms with Gasteiger partial charge in [0.05, 0.1) is 0 Å². The third-order valence-electron chi connectivity index (χ3n) is 0.373. The molecule has 0 spiro atoms. The van der Waals surface area contributed by atoms with E-state index in [0.29, 0.717) is 0 Å². The molecule has 0 saturated heterocycles. The Balaban J connectivity index is 3.17. The summed E-state index contributed by atoms with van der Waals surface area (Å²) in [7, 11) is 1.08. The van der Waals surface area contributed by atoms with Crippen molar-refractivity contribution >= 4 is 0 Å². The van der Waals surface area contributed by atoms with E-state index in [4.69, 9.17) is 5.11 Å². The first kappa shape index (κ1) is 5.85. The Kier molecular flexibility index (Phi) is 1.49. The zero-order valence-corrected chi connectivity index (χ0v) is 3.73. The van der Waals surface area contributed by atoms with Crippen molar-refractivity contribution < 1.29 is 14.2 Å². The van der Waals surface area contributed by atoms with E-state index in [1.807, 2.05) is 0 Å². The van der Waals surface area contributed by atoms with Crippen molar-refractivity contribution in [2.24, 2.45) is 0 Å². The minimum Gasteiger partial charge on any atom is -0.340 e. The number of hydrogen-bond acceptors (Lipinski definition) is 2. The van der Waals surface area contributed by atoms with Crippen LogP contribution in [0.25, 0.3) is 0 Å². The normalized spacial score (nSPS) is 20.0. The maximum absolute atomic E-state index is 11.5. The van der Waals surface area contributed by atoms with Crippen LogP contribution < -0.4 is 0 Å². The van der Waals surface area contributed by atoms with Gasteiger partial charge in [0.25, 0.3) is 0 Å². The summed E-state index contributed by atoms with van der Waals surface area (Å²) in [6.07, 6.45) is 0. The predicted octanol–water partition coefficient (Wildman–Crippen LogP) is 0.268. The molecule has 1 atom stereocenters. The van der Waals surface area contributed by atoms with Crippen LogP contribution in [0.2, 0.25) is 0 Å². The summed E-state index contributed by atoms with van der Waals surface area (Å²) in [5.74, 6) is 0. The molecule has 0 aromatic rings. The fourth-order valence-electron chi connectivity index (χ4n) is 0. The van der Waals surface area contributed by atoms with Crippen molar-refractivity contribution in [3.8, 4) is 0 Å². The first-order valence-corrected chi connectivity index (χ1v) is 1.52. The fourth-order valence-corrected chi connectivity index (χ4v) is 0. The van der Waals surface area contributed by atoms with Crippen molar-refractivity contribution in [1.82, 2.24) is 0 Å². The molecule has 0 fully saturated rings. The van der Waals surface area contributed by atoms with Gasteiger partial charge < -0.3 is 9.84 Å². The summed E-state index contributed by atoms with van der Waals surface area (Å²) in [6, 6.07) is -2.46. The van der Waals surface area contributed by atoms with Crippen molar-refractivity contribution in [2.45, 2.75) is 13.0 Å². The molecule has 0 amide bonds. The van der Waals surface area contributed by atoms with Gasteiger partial charge in [-0.15, -0.1) is 0 Å². The van der Waals surface area contributed by atoms with Crippen LogP contribution in [0.15, 0.2) is 0 Å². The summed E-state index contributed by atoms with van der Waals surface area (Å²) in [6.45, 7) is 0.910. The van der Waals surface area contributed by atoms with Gasteiger partial charge in [0, 0.05) is 14.0 Å². The molecule has 0 bridgehead atoms. The van der Waals surface area contributed by atoms with Crippen LogP contribution >= 0.6 is 0 Å². The standard InChI is InChI=1S/C3H7FO2/c1-3(4,5)6-2/h5H,1-2H3. The van der Waals surface area contributed by atoms with E-state index in [9.17, 15) is 4.39 Å². The van der Waals surface area contributed by atoms with Crippen molar-refractivity contribution in [2.75, 3.05) is 7.11 Å². The Morgan fingerprint density at radius 2 is 2.00 bits per heavy atom. The highest BCUT2D eigenvalue weighted by atomic mass is 19.2. The predicted molar refractivity (Wildman–Crippen MR) is 18.7 cm³/mol. The molecule has 0 aliphatic carbocycles. The molecule has 0 aromatic carbocycles. The van der Waals surface area contributed by atoms with E-state index in [1.54, 1.807) is 0 Å². The molecule has 0 aliphatic heterocycles. The minimum absolute atomic E-state index is 0.910. The van der Waals surface area contributed by atoms with E-state index >= 15 is 0 Å². The molecule has 1 N–H and O–H groups in total. The monoisotopic (exact) mass is 94.0 g/mol. The summed E-state index contributed by atoms with van der Waals surface area (Å²) < 4.78 is 15.3. The largest absolute Gasteiger partial charge is 0.340 e. The molecule has 0 heterocycles.